The first-order chi connectivity index (χ1) is 15.1. The van der Waals surface area contributed by atoms with Crippen LogP contribution in [0.25, 0.3) is 11.0 Å². The predicted molar refractivity (Wildman–Crippen MR) is 124 cm³/mol. The maximum absolute atomic E-state index is 12.8. The van der Waals surface area contributed by atoms with Gasteiger partial charge in [-0.1, -0.05) is 12.1 Å². The van der Waals surface area contributed by atoms with Crippen molar-refractivity contribution >= 4 is 51.8 Å². The van der Waals surface area contributed by atoms with Crippen molar-refractivity contribution in [3.63, 3.8) is 0 Å². The zero-order chi connectivity index (χ0) is 21.3. The predicted octanol–water partition coefficient (Wildman–Crippen LogP) is 3.38. The number of nitrogens with zero attached hydrogens (tertiary/aromatic N) is 2. The van der Waals surface area contributed by atoms with Gasteiger partial charge in [-0.15, -0.1) is 0 Å². The van der Waals surface area contributed by atoms with Crippen LogP contribution in [0.3, 0.4) is 0 Å². The van der Waals surface area contributed by atoms with Crippen LogP contribution in [0.4, 0.5) is 0 Å². The van der Waals surface area contributed by atoms with Crippen LogP contribution < -0.4 is 4.74 Å². The van der Waals surface area contributed by atoms with Crippen LogP contribution >= 0.6 is 0 Å². The monoisotopic (exact) mass is 465 g/mol. The van der Waals surface area contributed by atoms with Gasteiger partial charge in [0, 0.05) is 35.8 Å². The number of benzene rings is 1. The quantitative estimate of drug-likeness (QED) is 0.312. The molecule has 2 aromatic heterocycles. The van der Waals surface area contributed by atoms with Crippen LogP contribution in [0.2, 0.25) is 0 Å². The van der Waals surface area contributed by atoms with Crippen LogP contribution in [-0.4, -0.2) is 74.2 Å². The Morgan fingerprint density at radius 3 is 2.88 bits per heavy atom. The molecular formula is C23H28N3NaO4S. The molecule has 3 heterocycles. The second-order valence-electron chi connectivity index (χ2n) is 8.24. The van der Waals surface area contributed by atoms with Crippen molar-refractivity contribution < 1.29 is 18.8 Å². The minimum atomic E-state index is -1.31. The first-order valence-corrected chi connectivity index (χ1v) is 12.2. The average Bonchev–Trinajstić information content (AvgIpc) is 3.38. The first kappa shape index (κ1) is 24.0. The van der Waals surface area contributed by atoms with E-state index < -0.39 is 11.2 Å². The molecule has 1 aliphatic heterocycles. The number of para-hydroxylation sites is 2. The molecule has 1 saturated carbocycles. The standard InChI is InChI=1S/C23H27N3O4S.Na.H/c1-16-20(15-31(27)22-25-18-7-2-3-8-19(18)26-22)24-12-9-21(16)28-13-4-6-17-14-29-23(30-17)10-5-11-23;;/h2-3,7-9,12,17H,4-6,10-11,13-15H2,1H3,(H,25,26);;. The zero-order valence-electron chi connectivity index (χ0n) is 17.6. The van der Waals surface area contributed by atoms with Gasteiger partial charge in [0.1, 0.15) is 5.75 Å². The molecule has 1 aromatic carbocycles. The normalized spacial score (nSPS) is 20.1. The molecule has 2 fully saturated rings. The second kappa shape index (κ2) is 10.4. The van der Waals surface area contributed by atoms with Gasteiger partial charge in [-0.05, 0) is 44.4 Å². The summed E-state index contributed by atoms with van der Waals surface area (Å²) >= 11 is -1.31. The fraction of sp³-hybridized carbons (Fsp3) is 0.478. The zero-order valence-corrected chi connectivity index (χ0v) is 18.5. The summed E-state index contributed by atoms with van der Waals surface area (Å²) in [6, 6.07) is 9.53. The Morgan fingerprint density at radius 2 is 2.12 bits per heavy atom. The SMILES string of the molecule is Cc1c(OCCCC2COC3(CCC3)O2)ccnc1C[S+]([O-])c1nc2ccccc2[nH]1.[NaH]. The molecule has 2 unspecified atom stereocenters. The first-order valence-electron chi connectivity index (χ1n) is 10.8. The van der Waals surface area contributed by atoms with E-state index in [0.29, 0.717) is 18.4 Å². The van der Waals surface area contributed by atoms with Gasteiger partial charge < -0.3 is 18.8 Å². The molecule has 32 heavy (non-hydrogen) atoms. The molecule has 1 N–H and O–H groups in total. The van der Waals surface area contributed by atoms with E-state index in [-0.39, 0.29) is 47.2 Å². The van der Waals surface area contributed by atoms with E-state index in [4.69, 9.17) is 14.2 Å². The van der Waals surface area contributed by atoms with Crippen molar-refractivity contribution in [2.45, 2.75) is 61.8 Å². The number of pyridine rings is 1. The van der Waals surface area contributed by atoms with E-state index in [1.54, 1.807) is 6.20 Å². The average molecular weight is 466 g/mol. The van der Waals surface area contributed by atoms with E-state index in [9.17, 15) is 4.55 Å². The van der Waals surface area contributed by atoms with Crippen LogP contribution in [0.5, 0.6) is 5.75 Å². The molecule has 3 aromatic rings. The molecule has 7 nitrogen and oxygen atoms in total. The summed E-state index contributed by atoms with van der Waals surface area (Å²) in [4.78, 5) is 12.0. The van der Waals surface area contributed by atoms with Gasteiger partial charge in [-0.25, -0.2) is 0 Å². The molecule has 2 atom stereocenters. The van der Waals surface area contributed by atoms with Crippen molar-refractivity contribution in [1.29, 1.82) is 0 Å². The Balaban J connectivity index is 0.00000245. The number of nitrogens with one attached hydrogen (secondary N) is 1. The molecule has 0 radical (unpaired) electrons. The van der Waals surface area contributed by atoms with Gasteiger partial charge in [-0.3, -0.25) is 9.97 Å². The van der Waals surface area contributed by atoms with Crippen molar-refractivity contribution in [1.82, 2.24) is 15.0 Å². The third-order valence-corrected chi connectivity index (χ3v) is 7.23. The number of aromatic nitrogens is 3. The molecule has 1 aliphatic carbocycles. The van der Waals surface area contributed by atoms with Gasteiger partial charge in [0.25, 0.3) is 0 Å². The number of imidazole rings is 1. The maximum atomic E-state index is 12.8. The van der Waals surface area contributed by atoms with Gasteiger partial charge in [0.05, 0.1) is 36.0 Å². The van der Waals surface area contributed by atoms with Crippen LogP contribution in [-0.2, 0) is 26.4 Å². The van der Waals surface area contributed by atoms with Gasteiger partial charge >= 0.3 is 34.7 Å². The van der Waals surface area contributed by atoms with E-state index >= 15 is 0 Å². The summed E-state index contributed by atoms with van der Waals surface area (Å²) < 4.78 is 30.7. The fourth-order valence-electron chi connectivity index (χ4n) is 4.07. The van der Waals surface area contributed by atoms with Gasteiger partial charge in [-0.2, -0.15) is 4.98 Å². The molecule has 0 bridgehead atoms. The Bertz CT molecular complexity index is 1030. The summed E-state index contributed by atoms with van der Waals surface area (Å²) in [5, 5.41) is 0.469. The Hall–Kier alpha value is -1.13. The molecule has 1 saturated heterocycles. The minimum absolute atomic E-state index is 0. The summed E-state index contributed by atoms with van der Waals surface area (Å²) in [5.74, 6) is 0.807. The molecule has 0 amide bonds. The summed E-state index contributed by atoms with van der Waals surface area (Å²) in [7, 11) is 0. The Labute approximate surface area is 213 Å². The molecule has 1 spiro atoms. The van der Waals surface area contributed by atoms with Crippen LogP contribution in [0, 0.1) is 6.92 Å². The van der Waals surface area contributed by atoms with Crippen molar-refractivity contribution in [3.8, 4) is 5.75 Å². The van der Waals surface area contributed by atoms with Crippen molar-refractivity contribution in [2.24, 2.45) is 0 Å². The number of ether oxygens (including phenoxy) is 3. The number of aromatic amines is 1. The topological polar surface area (TPSA) is 92.3 Å². The number of fused-ring (bicyclic) bond motifs is 1. The number of rotatable bonds is 8. The molecular weight excluding hydrogens is 437 g/mol. The van der Waals surface area contributed by atoms with E-state index in [1.165, 1.54) is 6.42 Å². The summed E-state index contributed by atoms with van der Waals surface area (Å²) in [5.41, 5.74) is 3.37. The Kier molecular flexibility index (Phi) is 7.82. The van der Waals surface area contributed by atoms with E-state index in [1.807, 2.05) is 37.3 Å². The number of H-pyrrole nitrogens is 1. The molecule has 166 valence electrons. The van der Waals surface area contributed by atoms with E-state index in [0.717, 1.165) is 53.7 Å². The van der Waals surface area contributed by atoms with Crippen LogP contribution in [0.15, 0.2) is 41.7 Å². The number of hydrogen-bond acceptors (Lipinski definition) is 6. The summed E-state index contributed by atoms with van der Waals surface area (Å²) in [6.45, 7) is 3.25. The fourth-order valence-corrected chi connectivity index (χ4v) is 5.17. The van der Waals surface area contributed by atoms with E-state index in [2.05, 4.69) is 15.0 Å². The summed E-state index contributed by atoms with van der Waals surface area (Å²) in [6.07, 6.45) is 6.94. The number of hydrogen-bond donors (Lipinski definition) is 1. The van der Waals surface area contributed by atoms with Crippen molar-refractivity contribution in [3.05, 3.63) is 47.8 Å². The molecule has 5 rings (SSSR count). The van der Waals surface area contributed by atoms with Crippen LogP contribution in [0.1, 0.15) is 43.4 Å². The van der Waals surface area contributed by atoms with Crippen molar-refractivity contribution in [2.75, 3.05) is 13.2 Å². The molecule has 2 aliphatic rings. The van der Waals surface area contributed by atoms with Gasteiger partial charge in [0.2, 0.25) is 0 Å². The Morgan fingerprint density at radius 1 is 1.28 bits per heavy atom. The third kappa shape index (κ3) is 5.17. The second-order valence-corrected chi connectivity index (χ2v) is 9.60. The third-order valence-electron chi connectivity index (χ3n) is 6.07. The molecule has 9 heteroatoms. The van der Waals surface area contributed by atoms with Gasteiger partial charge in [0.15, 0.2) is 11.5 Å².